The average molecular weight is 385 g/mol. The third kappa shape index (κ3) is 3.80. The summed E-state index contributed by atoms with van der Waals surface area (Å²) in [4.78, 5) is -0.161. The Morgan fingerprint density at radius 2 is 1.69 bits per heavy atom. The number of phenols is 1. The van der Waals surface area contributed by atoms with E-state index in [0.717, 1.165) is 11.1 Å². The van der Waals surface area contributed by atoms with Crippen molar-refractivity contribution in [1.29, 1.82) is 5.26 Å². The number of anilines is 1. The molecule has 0 unspecified atom stereocenters. The molecule has 0 radical (unpaired) electrons. The molecular formula is C19H13ClN2O3S. The van der Waals surface area contributed by atoms with E-state index in [1.54, 1.807) is 6.07 Å². The standard InChI is InChI=1S/C19H13ClN2O3S/c20-16-8-13(12-21)9-17(11-16)26(24,25)22-18-10-15(6-7-19(18)23)14-4-2-1-3-5-14/h1-11,22-23H. The molecule has 0 saturated carbocycles. The zero-order chi connectivity index (χ0) is 18.7. The fourth-order valence-corrected chi connectivity index (χ4v) is 3.85. The predicted octanol–water partition coefficient (Wildman–Crippen LogP) is 4.39. The van der Waals surface area contributed by atoms with E-state index in [1.807, 2.05) is 36.4 Å². The van der Waals surface area contributed by atoms with Gasteiger partial charge in [0.15, 0.2) is 0 Å². The molecule has 0 bridgehead atoms. The first kappa shape index (κ1) is 17.8. The number of hydrogen-bond donors (Lipinski definition) is 2. The van der Waals surface area contributed by atoms with Crippen LogP contribution in [0.5, 0.6) is 5.75 Å². The van der Waals surface area contributed by atoms with Crippen molar-refractivity contribution in [3.63, 3.8) is 0 Å². The molecule has 0 fully saturated rings. The number of hydrogen-bond acceptors (Lipinski definition) is 4. The van der Waals surface area contributed by atoms with E-state index in [9.17, 15) is 13.5 Å². The Morgan fingerprint density at radius 1 is 0.962 bits per heavy atom. The normalized spacial score (nSPS) is 10.9. The van der Waals surface area contributed by atoms with Gasteiger partial charge in [-0.15, -0.1) is 0 Å². The van der Waals surface area contributed by atoms with Crippen LogP contribution in [0.4, 0.5) is 5.69 Å². The third-order valence-corrected chi connectivity index (χ3v) is 5.22. The van der Waals surface area contributed by atoms with Crippen molar-refractivity contribution < 1.29 is 13.5 Å². The fraction of sp³-hybridized carbons (Fsp3) is 0. The first-order chi connectivity index (χ1) is 12.4. The Balaban J connectivity index is 2.00. The van der Waals surface area contributed by atoms with Crippen molar-refractivity contribution in [2.24, 2.45) is 0 Å². The highest BCUT2D eigenvalue weighted by atomic mass is 35.5. The van der Waals surface area contributed by atoms with Gasteiger partial charge in [0.2, 0.25) is 0 Å². The summed E-state index contributed by atoms with van der Waals surface area (Å²) >= 11 is 5.88. The first-order valence-corrected chi connectivity index (χ1v) is 9.37. The third-order valence-electron chi connectivity index (χ3n) is 3.66. The highest BCUT2D eigenvalue weighted by Crippen LogP contribution is 2.32. The zero-order valence-corrected chi connectivity index (χ0v) is 14.9. The molecular weight excluding hydrogens is 372 g/mol. The Hall–Kier alpha value is -3.01. The molecule has 0 aliphatic rings. The second kappa shape index (κ2) is 7.08. The van der Waals surface area contributed by atoms with Crippen LogP contribution in [0.2, 0.25) is 5.02 Å². The maximum atomic E-state index is 12.6. The number of nitriles is 1. The van der Waals surface area contributed by atoms with Crippen molar-refractivity contribution >= 4 is 27.3 Å². The molecule has 7 heteroatoms. The van der Waals surface area contributed by atoms with Crippen LogP contribution < -0.4 is 4.72 Å². The van der Waals surface area contributed by atoms with Crippen LogP contribution in [-0.2, 0) is 10.0 Å². The fourth-order valence-electron chi connectivity index (χ4n) is 2.41. The second-order valence-electron chi connectivity index (χ2n) is 5.49. The molecule has 5 nitrogen and oxygen atoms in total. The minimum absolute atomic E-state index is 0.0323. The van der Waals surface area contributed by atoms with Gasteiger partial charge >= 0.3 is 0 Å². The van der Waals surface area contributed by atoms with Gasteiger partial charge in [0.1, 0.15) is 5.75 Å². The van der Waals surface area contributed by atoms with Crippen LogP contribution in [0.25, 0.3) is 11.1 Å². The Bertz CT molecular complexity index is 1110. The summed E-state index contributed by atoms with van der Waals surface area (Å²) in [6.07, 6.45) is 0. The first-order valence-electron chi connectivity index (χ1n) is 7.51. The number of nitrogens with one attached hydrogen (secondary N) is 1. The van der Waals surface area contributed by atoms with Crippen LogP contribution in [0.15, 0.2) is 71.6 Å². The smallest absolute Gasteiger partial charge is 0.262 e. The summed E-state index contributed by atoms with van der Waals surface area (Å²) < 4.78 is 27.6. The molecule has 0 aliphatic carbocycles. The summed E-state index contributed by atoms with van der Waals surface area (Å²) in [5.41, 5.74) is 1.78. The molecule has 3 aromatic rings. The number of phenolic OH excluding ortho intramolecular Hbond substituents is 1. The lowest BCUT2D eigenvalue weighted by Crippen LogP contribution is -2.13. The van der Waals surface area contributed by atoms with Crippen LogP contribution in [0.1, 0.15) is 5.56 Å². The lowest BCUT2D eigenvalue weighted by molar-refractivity contribution is 0.477. The average Bonchev–Trinajstić information content (AvgIpc) is 2.63. The van der Waals surface area contributed by atoms with Crippen molar-refractivity contribution in [2.45, 2.75) is 4.90 Å². The molecule has 0 aromatic heterocycles. The molecule has 0 heterocycles. The monoisotopic (exact) mass is 384 g/mol. The minimum Gasteiger partial charge on any atom is -0.506 e. The Morgan fingerprint density at radius 3 is 2.38 bits per heavy atom. The van der Waals surface area contributed by atoms with E-state index >= 15 is 0 Å². The molecule has 0 spiro atoms. The zero-order valence-electron chi connectivity index (χ0n) is 13.3. The molecule has 0 aliphatic heterocycles. The van der Waals surface area contributed by atoms with E-state index in [0.29, 0.717) is 0 Å². The lowest BCUT2D eigenvalue weighted by atomic mass is 10.1. The molecule has 130 valence electrons. The van der Waals surface area contributed by atoms with E-state index in [4.69, 9.17) is 16.9 Å². The number of benzene rings is 3. The minimum atomic E-state index is -4.04. The van der Waals surface area contributed by atoms with E-state index in [2.05, 4.69) is 4.72 Å². The van der Waals surface area contributed by atoms with Crippen LogP contribution in [0.3, 0.4) is 0 Å². The quantitative estimate of drug-likeness (QED) is 0.653. The topological polar surface area (TPSA) is 90.2 Å². The summed E-state index contributed by atoms with van der Waals surface area (Å²) in [7, 11) is -4.04. The van der Waals surface area contributed by atoms with Crippen molar-refractivity contribution in [3.05, 3.63) is 77.3 Å². The van der Waals surface area contributed by atoms with Crippen LogP contribution in [0, 0.1) is 11.3 Å². The summed E-state index contributed by atoms with van der Waals surface area (Å²) in [6, 6.07) is 19.7. The van der Waals surface area contributed by atoms with Gasteiger partial charge < -0.3 is 5.11 Å². The molecule has 26 heavy (non-hydrogen) atoms. The Labute approximate surface area is 156 Å². The van der Waals surface area contributed by atoms with E-state index in [1.165, 1.54) is 30.3 Å². The van der Waals surface area contributed by atoms with Gasteiger partial charge in [-0.2, -0.15) is 5.26 Å². The van der Waals surface area contributed by atoms with Gasteiger partial charge in [-0.25, -0.2) is 8.42 Å². The van der Waals surface area contributed by atoms with Crippen molar-refractivity contribution in [2.75, 3.05) is 4.72 Å². The maximum absolute atomic E-state index is 12.6. The van der Waals surface area contributed by atoms with E-state index < -0.39 is 10.0 Å². The molecule has 3 rings (SSSR count). The number of nitrogens with zero attached hydrogens (tertiary/aromatic N) is 1. The van der Waals surface area contributed by atoms with Gasteiger partial charge in [0, 0.05) is 5.02 Å². The maximum Gasteiger partial charge on any atom is 0.262 e. The van der Waals surface area contributed by atoms with Gasteiger partial charge in [-0.1, -0.05) is 48.0 Å². The number of aromatic hydroxyl groups is 1. The van der Waals surface area contributed by atoms with Crippen LogP contribution >= 0.6 is 11.6 Å². The number of sulfonamides is 1. The predicted molar refractivity (Wildman–Crippen MR) is 101 cm³/mol. The number of rotatable bonds is 4. The molecule has 0 atom stereocenters. The highest BCUT2D eigenvalue weighted by Gasteiger charge is 2.18. The summed E-state index contributed by atoms with van der Waals surface area (Å²) in [5, 5.41) is 19.2. The summed E-state index contributed by atoms with van der Waals surface area (Å²) in [6.45, 7) is 0. The molecule has 3 aromatic carbocycles. The molecule has 0 saturated heterocycles. The molecule has 0 amide bonds. The Kier molecular flexibility index (Phi) is 4.85. The largest absolute Gasteiger partial charge is 0.506 e. The van der Waals surface area contributed by atoms with Gasteiger partial charge in [0.05, 0.1) is 22.2 Å². The van der Waals surface area contributed by atoms with Gasteiger partial charge in [-0.05, 0) is 41.5 Å². The van der Waals surface area contributed by atoms with Crippen molar-refractivity contribution in [3.8, 4) is 22.9 Å². The van der Waals surface area contributed by atoms with E-state index in [-0.39, 0.29) is 26.9 Å². The molecule has 2 N–H and O–H groups in total. The van der Waals surface area contributed by atoms with Crippen LogP contribution in [-0.4, -0.2) is 13.5 Å². The highest BCUT2D eigenvalue weighted by molar-refractivity contribution is 7.92. The SMILES string of the molecule is N#Cc1cc(Cl)cc(S(=O)(=O)Nc2cc(-c3ccccc3)ccc2O)c1. The second-order valence-corrected chi connectivity index (χ2v) is 7.61. The summed E-state index contributed by atoms with van der Waals surface area (Å²) in [5.74, 6) is -0.212. The van der Waals surface area contributed by atoms with Crippen molar-refractivity contribution in [1.82, 2.24) is 0 Å². The number of halogens is 1. The van der Waals surface area contributed by atoms with Gasteiger partial charge in [-0.3, -0.25) is 4.72 Å². The lowest BCUT2D eigenvalue weighted by Gasteiger charge is -2.12. The van der Waals surface area contributed by atoms with Gasteiger partial charge in [0.25, 0.3) is 10.0 Å².